The standard InChI is InChI=1S/C14H21NO3/c1-4-5-10-15(2)14(16)11-18-13-9-7-6-8-12(13)17-3/h6-9H,4-5,10-11H2,1-3H3. The molecule has 0 N–H and O–H groups in total. The van der Waals surface area contributed by atoms with Gasteiger partial charge in [-0.25, -0.2) is 0 Å². The van der Waals surface area contributed by atoms with Crippen molar-refractivity contribution < 1.29 is 14.3 Å². The van der Waals surface area contributed by atoms with E-state index in [1.165, 1.54) is 0 Å². The number of hydrogen-bond acceptors (Lipinski definition) is 3. The summed E-state index contributed by atoms with van der Waals surface area (Å²) < 4.78 is 10.6. The zero-order valence-electron chi connectivity index (χ0n) is 11.3. The third-order valence-electron chi connectivity index (χ3n) is 2.69. The minimum atomic E-state index is -0.0191. The Bertz CT molecular complexity index is 379. The first-order valence-corrected chi connectivity index (χ1v) is 6.18. The second kappa shape index (κ2) is 7.58. The van der Waals surface area contributed by atoms with Crippen LogP contribution in [0.5, 0.6) is 11.5 Å². The Labute approximate surface area is 108 Å². The Kier molecular flexibility index (Phi) is 6.05. The Morgan fingerprint density at radius 2 is 1.94 bits per heavy atom. The van der Waals surface area contributed by atoms with Crippen LogP contribution in [0.2, 0.25) is 0 Å². The number of amides is 1. The van der Waals surface area contributed by atoms with Crippen LogP contribution in [-0.2, 0) is 4.79 Å². The summed E-state index contributed by atoms with van der Waals surface area (Å²) in [7, 11) is 3.38. The quantitative estimate of drug-likeness (QED) is 0.746. The minimum absolute atomic E-state index is 0.0191. The van der Waals surface area contributed by atoms with Crippen LogP contribution in [0, 0.1) is 0 Å². The Morgan fingerprint density at radius 1 is 1.28 bits per heavy atom. The molecule has 1 amide bonds. The summed E-state index contributed by atoms with van der Waals surface area (Å²) in [5, 5.41) is 0. The third-order valence-corrected chi connectivity index (χ3v) is 2.69. The topological polar surface area (TPSA) is 38.8 Å². The minimum Gasteiger partial charge on any atom is -0.493 e. The maximum Gasteiger partial charge on any atom is 0.260 e. The monoisotopic (exact) mass is 251 g/mol. The fraction of sp³-hybridized carbons (Fsp3) is 0.500. The molecule has 0 aromatic heterocycles. The fourth-order valence-electron chi connectivity index (χ4n) is 1.51. The van der Waals surface area contributed by atoms with Crippen molar-refractivity contribution in [2.75, 3.05) is 27.3 Å². The van der Waals surface area contributed by atoms with E-state index in [-0.39, 0.29) is 12.5 Å². The molecule has 0 spiro atoms. The highest BCUT2D eigenvalue weighted by molar-refractivity contribution is 5.77. The molecule has 0 saturated heterocycles. The largest absolute Gasteiger partial charge is 0.493 e. The third kappa shape index (κ3) is 4.28. The number of para-hydroxylation sites is 2. The lowest BCUT2D eigenvalue weighted by molar-refractivity contribution is -0.132. The van der Waals surface area contributed by atoms with Crippen LogP contribution in [0.3, 0.4) is 0 Å². The van der Waals surface area contributed by atoms with E-state index in [9.17, 15) is 4.79 Å². The van der Waals surface area contributed by atoms with E-state index >= 15 is 0 Å². The average molecular weight is 251 g/mol. The number of unbranched alkanes of at least 4 members (excludes halogenated alkanes) is 1. The summed E-state index contributed by atoms with van der Waals surface area (Å²) in [5.74, 6) is 1.22. The van der Waals surface area contributed by atoms with Crippen LogP contribution in [0.1, 0.15) is 19.8 Å². The van der Waals surface area contributed by atoms with Gasteiger partial charge in [-0.05, 0) is 18.6 Å². The molecule has 0 aliphatic rings. The highest BCUT2D eigenvalue weighted by atomic mass is 16.5. The zero-order chi connectivity index (χ0) is 13.4. The van der Waals surface area contributed by atoms with Crippen molar-refractivity contribution in [2.45, 2.75) is 19.8 Å². The summed E-state index contributed by atoms with van der Waals surface area (Å²) >= 11 is 0. The lowest BCUT2D eigenvalue weighted by atomic mass is 10.3. The lowest BCUT2D eigenvalue weighted by Crippen LogP contribution is -2.32. The molecule has 0 aliphatic carbocycles. The van der Waals surface area contributed by atoms with Gasteiger partial charge in [0, 0.05) is 13.6 Å². The van der Waals surface area contributed by atoms with Crippen molar-refractivity contribution in [3.8, 4) is 11.5 Å². The van der Waals surface area contributed by atoms with Crippen molar-refractivity contribution in [1.29, 1.82) is 0 Å². The van der Waals surface area contributed by atoms with Gasteiger partial charge in [-0.15, -0.1) is 0 Å². The number of nitrogens with zero attached hydrogens (tertiary/aromatic N) is 1. The van der Waals surface area contributed by atoms with Gasteiger partial charge >= 0.3 is 0 Å². The molecule has 1 rings (SSSR count). The molecule has 1 aromatic carbocycles. The van der Waals surface area contributed by atoms with Crippen LogP contribution >= 0.6 is 0 Å². The van der Waals surface area contributed by atoms with Gasteiger partial charge in [0.05, 0.1) is 7.11 Å². The van der Waals surface area contributed by atoms with Crippen LogP contribution in [0.25, 0.3) is 0 Å². The molecular formula is C14H21NO3. The SMILES string of the molecule is CCCCN(C)C(=O)COc1ccccc1OC. The smallest absolute Gasteiger partial charge is 0.260 e. The van der Waals surface area contributed by atoms with Crippen LogP contribution < -0.4 is 9.47 Å². The molecule has 18 heavy (non-hydrogen) atoms. The van der Waals surface area contributed by atoms with Gasteiger partial charge < -0.3 is 14.4 Å². The number of methoxy groups -OCH3 is 1. The van der Waals surface area contributed by atoms with E-state index in [0.717, 1.165) is 19.4 Å². The maximum absolute atomic E-state index is 11.8. The molecule has 0 fully saturated rings. The van der Waals surface area contributed by atoms with E-state index in [4.69, 9.17) is 9.47 Å². The molecule has 0 saturated carbocycles. The first-order valence-electron chi connectivity index (χ1n) is 6.18. The summed E-state index contributed by atoms with van der Waals surface area (Å²) in [4.78, 5) is 13.5. The Hall–Kier alpha value is -1.71. The predicted octanol–water partition coefficient (Wildman–Crippen LogP) is 2.33. The first-order chi connectivity index (χ1) is 8.69. The van der Waals surface area contributed by atoms with Gasteiger partial charge in [-0.1, -0.05) is 25.5 Å². The van der Waals surface area contributed by atoms with Crippen molar-refractivity contribution in [3.63, 3.8) is 0 Å². The molecule has 0 heterocycles. The molecule has 0 atom stereocenters. The van der Waals surface area contributed by atoms with Gasteiger partial charge in [0.25, 0.3) is 5.91 Å². The van der Waals surface area contributed by atoms with Crippen molar-refractivity contribution in [3.05, 3.63) is 24.3 Å². The second-order valence-corrected chi connectivity index (χ2v) is 4.11. The van der Waals surface area contributed by atoms with Gasteiger partial charge in [0.1, 0.15) is 0 Å². The summed E-state index contributed by atoms with van der Waals surface area (Å²) in [6.07, 6.45) is 2.09. The van der Waals surface area contributed by atoms with Crippen LogP contribution in [-0.4, -0.2) is 38.1 Å². The number of carbonyl (C=O) groups is 1. The molecule has 1 aromatic rings. The zero-order valence-corrected chi connectivity index (χ0v) is 11.3. The molecule has 0 radical (unpaired) electrons. The van der Waals surface area contributed by atoms with Gasteiger partial charge in [0.2, 0.25) is 0 Å². The number of benzene rings is 1. The molecule has 0 unspecified atom stereocenters. The van der Waals surface area contributed by atoms with Gasteiger partial charge in [-0.2, -0.15) is 0 Å². The van der Waals surface area contributed by atoms with E-state index < -0.39 is 0 Å². The van der Waals surface area contributed by atoms with Gasteiger partial charge in [0.15, 0.2) is 18.1 Å². The molecule has 0 bridgehead atoms. The van der Waals surface area contributed by atoms with Gasteiger partial charge in [-0.3, -0.25) is 4.79 Å². The maximum atomic E-state index is 11.8. The summed E-state index contributed by atoms with van der Waals surface area (Å²) in [5.41, 5.74) is 0. The first kappa shape index (κ1) is 14.4. The summed E-state index contributed by atoms with van der Waals surface area (Å²) in [6.45, 7) is 2.91. The predicted molar refractivity (Wildman–Crippen MR) is 71.0 cm³/mol. The van der Waals surface area contributed by atoms with E-state index in [1.54, 1.807) is 31.2 Å². The highest BCUT2D eigenvalue weighted by Crippen LogP contribution is 2.25. The molecule has 0 aliphatic heterocycles. The Balaban J connectivity index is 2.46. The van der Waals surface area contributed by atoms with Crippen molar-refractivity contribution in [1.82, 2.24) is 4.90 Å². The van der Waals surface area contributed by atoms with Crippen molar-refractivity contribution in [2.24, 2.45) is 0 Å². The fourth-order valence-corrected chi connectivity index (χ4v) is 1.51. The van der Waals surface area contributed by atoms with Crippen LogP contribution in [0.15, 0.2) is 24.3 Å². The average Bonchev–Trinajstić information content (AvgIpc) is 2.42. The number of hydrogen-bond donors (Lipinski definition) is 0. The normalized spacial score (nSPS) is 9.94. The second-order valence-electron chi connectivity index (χ2n) is 4.11. The molecule has 4 heteroatoms. The van der Waals surface area contributed by atoms with Crippen molar-refractivity contribution >= 4 is 5.91 Å². The Morgan fingerprint density at radius 3 is 2.56 bits per heavy atom. The number of carbonyl (C=O) groups excluding carboxylic acids is 1. The highest BCUT2D eigenvalue weighted by Gasteiger charge is 2.10. The van der Waals surface area contributed by atoms with E-state index in [2.05, 4.69) is 6.92 Å². The number of rotatable bonds is 7. The number of likely N-dealkylation sites (N-methyl/N-ethyl adjacent to an activating group) is 1. The molecule has 100 valence electrons. The van der Waals surface area contributed by atoms with Crippen LogP contribution in [0.4, 0.5) is 0 Å². The molecule has 4 nitrogen and oxygen atoms in total. The van der Waals surface area contributed by atoms with E-state index in [0.29, 0.717) is 11.5 Å². The lowest BCUT2D eigenvalue weighted by Gasteiger charge is -2.17. The summed E-state index contributed by atoms with van der Waals surface area (Å²) in [6, 6.07) is 7.31. The molecular weight excluding hydrogens is 230 g/mol. The number of ether oxygens (including phenoxy) is 2. The van der Waals surface area contributed by atoms with E-state index in [1.807, 2.05) is 12.1 Å².